The lowest BCUT2D eigenvalue weighted by atomic mass is 9.82. The predicted octanol–water partition coefficient (Wildman–Crippen LogP) is 4.39. The van der Waals surface area contributed by atoms with Crippen molar-refractivity contribution in [1.82, 2.24) is 9.88 Å². The number of nitrogens with one attached hydrogen (secondary N) is 1. The molecule has 2 aromatic heterocycles. The quantitative estimate of drug-likeness (QED) is 0.705. The first-order valence-corrected chi connectivity index (χ1v) is 9.10. The van der Waals surface area contributed by atoms with Crippen molar-refractivity contribution in [2.75, 3.05) is 6.54 Å². The molecule has 112 valence electrons. The first kappa shape index (κ1) is 12.9. The first-order chi connectivity index (χ1) is 10.8. The van der Waals surface area contributed by atoms with Crippen LogP contribution in [-0.2, 0) is 13.1 Å². The lowest BCUT2D eigenvalue weighted by Gasteiger charge is -2.35. The molecule has 4 heterocycles. The standard InChI is InChI=1S/C19H20N2S/c1-12-2-3-18-16(6-12)17-9-20-8-14-7-15(10-21(18)19(14)17)13-4-5-22-11-13/h2-6,11,14-15,20H,7-10H2,1H3. The van der Waals surface area contributed by atoms with Gasteiger partial charge in [-0.05, 0) is 53.4 Å². The molecule has 22 heavy (non-hydrogen) atoms. The smallest absolute Gasteiger partial charge is 0.0486 e. The molecule has 0 radical (unpaired) electrons. The topological polar surface area (TPSA) is 17.0 Å². The molecule has 0 saturated heterocycles. The Labute approximate surface area is 134 Å². The fraction of sp³-hybridized carbons (Fsp3) is 0.368. The largest absolute Gasteiger partial charge is 0.343 e. The van der Waals surface area contributed by atoms with Crippen LogP contribution in [0.15, 0.2) is 35.0 Å². The summed E-state index contributed by atoms with van der Waals surface area (Å²) in [6, 6.07) is 9.27. The summed E-state index contributed by atoms with van der Waals surface area (Å²) in [5.41, 5.74) is 7.49. The highest BCUT2D eigenvalue weighted by Gasteiger charge is 2.34. The van der Waals surface area contributed by atoms with Gasteiger partial charge in [-0.25, -0.2) is 0 Å². The van der Waals surface area contributed by atoms with E-state index in [-0.39, 0.29) is 0 Å². The van der Waals surface area contributed by atoms with Gasteiger partial charge in [0.2, 0.25) is 0 Å². The molecular weight excluding hydrogens is 288 g/mol. The van der Waals surface area contributed by atoms with Crippen LogP contribution in [0.25, 0.3) is 10.9 Å². The third-order valence-electron chi connectivity index (χ3n) is 5.43. The van der Waals surface area contributed by atoms with E-state index >= 15 is 0 Å². The van der Waals surface area contributed by atoms with E-state index in [4.69, 9.17) is 0 Å². The second kappa shape index (κ2) is 4.71. The van der Waals surface area contributed by atoms with Crippen LogP contribution in [0.3, 0.4) is 0 Å². The fourth-order valence-electron chi connectivity index (χ4n) is 4.46. The van der Waals surface area contributed by atoms with E-state index in [1.807, 2.05) is 11.3 Å². The van der Waals surface area contributed by atoms with Crippen LogP contribution in [0.1, 0.15) is 40.6 Å². The summed E-state index contributed by atoms with van der Waals surface area (Å²) in [7, 11) is 0. The predicted molar refractivity (Wildman–Crippen MR) is 92.8 cm³/mol. The summed E-state index contributed by atoms with van der Waals surface area (Å²) in [5.74, 6) is 1.32. The Kier molecular flexibility index (Phi) is 2.76. The van der Waals surface area contributed by atoms with Gasteiger partial charge in [0.15, 0.2) is 0 Å². The minimum Gasteiger partial charge on any atom is -0.343 e. The van der Waals surface area contributed by atoms with Crippen molar-refractivity contribution >= 4 is 22.2 Å². The molecule has 0 bridgehead atoms. The summed E-state index contributed by atoms with van der Waals surface area (Å²) < 4.78 is 2.63. The number of nitrogens with zero attached hydrogens (tertiary/aromatic N) is 1. The minimum atomic E-state index is 0.661. The average Bonchev–Trinajstić information content (AvgIpc) is 3.16. The molecule has 3 heteroatoms. The molecule has 2 nitrogen and oxygen atoms in total. The van der Waals surface area contributed by atoms with E-state index in [1.165, 1.54) is 28.5 Å². The van der Waals surface area contributed by atoms with Gasteiger partial charge in [-0.15, -0.1) is 0 Å². The van der Waals surface area contributed by atoms with Gasteiger partial charge in [0.1, 0.15) is 0 Å². The molecule has 0 aliphatic carbocycles. The first-order valence-electron chi connectivity index (χ1n) is 8.15. The Bertz CT molecular complexity index is 844. The number of aryl methyl sites for hydroxylation is 1. The fourth-order valence-corrected chi connectivity index (χ4v) is 5.20. The molecule has 0 spiro atoms. The second-order valence-electron chi connectivity index (χ2n) is 6.81. The number of hydrogen-bond acceptors (Lipinski definition) is 2. The third-order valence-corrected chi connectivity index (χ3v) is 6.14. The van der Waals surface area contributed by atoms with E-state index in [0.29, 0.717) is 11.8 Å². The highest BCUT2D eigenvalue weighted by molar-refractivity contribution is 7.07. The molecule has 2 unspecified atom stereocenters. The molecule has 2 aliphatic rings. The molecule has 2 aliphatic heterocycles. The molecule has 1 N–H and O–H groups in total. The van der Waals surface area contributed by atoms with Gasteiger partial charge in [0.05, 0.1) is 0 Å². The third kappa shape index (κ3) is 1.76. The normalized spacial score (nSPS) is 23.7. The molecule has 0 saturated carbocycles. The van der Waals surface area contributed by atoms with E-state index in [2.05, 4.69) is 51.8 Å². The SMILES string of the molecule is Cc1ccc2c(c1)c1c3n2CC(c2ccsc2)CC3CNC1. The number of aromatic nitrogens is 1. The summed E-state index contributed by atoms with van der Waals surface area (Å²) in [6.07, 6.45) is 1.28. The summed E-state index contributed by atoms with van der Waals surface area (Å²) in [5, 5.41) is 9.68. The van der Waals surface area contributed by atoms with Gasteiger partial charge in [-0.3, -0.25) is 0 Å². The molecule has 0 fully saturated rings. The van der Waals surface area contributed by atoms with Gasteiger partial charge in [-0.1, -0.05) is 11.6 Å². The lowest BCUT2D eigenvalue weighted by molar-refractivity contribution is 0.375. The molecule has 0 amide bonds. The zero-order valence-corrected chi connectivity index (χ0v) is 13.6. The van der Waals surface area contributed by atoms with Crippen LogP contribution in [-0.4, -0.2) is 11.1 Å². The molecular formula is C19H20N2S. The Morgan fingerprint density at radius 3 is 3.05 bits per heavy atom. The monoisotopic (exact) mass is 308 g/mol. The van der Waals surface area contributed by atoms with Crippen molar-refractivity contribution in [3.8, 4) is 0 Å². The van der Waals surface area contributed by atoms with Crippen LogP contribution in [0.4, 0.5) is 0 Å². The highest BCUT2D eigenvalue weighted by atomic mass is 32.1. The van der Waals surface area contributed by atoms with Crippen LogP contribution < -0.4 is 5.32 Å². The van der Waals surface area contributed by atoms with E-state index in [9.17, 15) is 0 Å². The van der Waals surface area contributed by atoms with Gasteiger partial charge in [0.25, 0.3) is 0 Å². The number of hydrogen-bond donors (Lipinski definition) is 1. The number of benzene rings is 1. The van der Waals surface area contributed by atoms with Crippen molar-refractivity contribution in [3.63, 3.8) is 0 Å². The Balaban J connectivity index is 1.73. The number of fused-ring (bicyclic) bond motifs is 3. The Morgan fingerprint density at radius 2 is 2.18 bits per heavy atom. The van der Waals surface area contributed by atoms with E-state index in [0.717, 1.165) is 19.6 Å². The molecule has 2 atom stereocenters. The van der Waals surface area contributed by atoms with Crippen LogP contribution in [0.5, 0.6) is 0 Å². The van der Waals surface area contributed by atoms with Crippen LogP contribution in [0.2, 0.25) is 0 Å². The maximum absolute atomic E-state index is 3.66. The van der Waals surface area contributed by atoms with Crippen molar-refractivity contribution in [2.45, 2.75) is 38.3 Å². The summed E-state index contributed by atoms with van der Waals surface area (Å²) in [6.45, 7) is 5.50. The van der Waals surface area contributed by atoms with Crippen molar-refractivity contribution in [1.29, 1.82) is 0 Å². The van der Waals surface area contributed by atoms with Gasteiger partial charge >= 0.3 is 0 Å². The maximum Gasteiger partial charge on any atom is 0.0486 e. The zero-order chi connectivity index (χ0) is 14.7. The molecule has 5 rings (SSSR count). The van der Waals surface area contributed by atoms with E-state index in [1.54, 1.807) is 11.3 Å². The van der Waals surface area contributed by atoms with Crippen molar-refractivity contribution < 1.29 is 0 Å². The highest BCUT2D eigenvalue weighted by Crippen LogP contribution is 2.44. The Morgan fingerprint density at radius 1 is 1.23 bits per heavy atom. The maximum atomic E-state index is 3.66. The van der Waals surface area contributed by atoms with Gasteiger partial charge < -0.3 is 9.88 Å². The molecule has 1 aromatic carbocycles. The zero-order valence-electron chi connectivity index (χ0n) is 12.8. The van der Waals surface area contributed by atoms with E-state index < -0.39 is 0 Å². The molecule has 3 aromatic rings. The minimum absolute atomic E-state index is 0.661. The summed E-state index contributed by atoms with van der Waals surface area (Å²) >= 11 is 1.82. The average molecular weight is 308 g/mol. The number of rotatable bonds is 1. The van der Waals surface area contributed by atoms with Gasteiger partial charge in [-0.2, -0.15) is 11.3 Å². The van der Waals surface area contributed by atoms with Crippen molar-refractivity contribution in [2.24, 2.45) is 0 Å². The van der Waals surface area contributed by atoms with Crippen LogP contribution >= 0.6 is 11.3 Å². The van der Waals surface area contributed by atoms with Crippen molar-refractivity contribution in [3.05, 3.63) is 57.4 Å². The summed E-state index contributed by atoms with van der Waals surface area (Å²) in [4.78, 5) is 0. The second-order valence-corrected chi connectivity index (χ2v) is 7.59. The van der Waals surface area contributed by atoms with Gasteiger partial charge in [0, 0.05) is 48.1 Å². The lowest BCUT2D eigenvalue weighted by Crippen LogP contribution is -2.34. The Hall–Kier alpha value is -1.58. The number of thiophene rings is 1. The van der Waals surface area contributed by atoms with Crippen LogP contribution in [0, 0.1) is 6.92 Å².